The van der Waals surface area contributed by atoms with Crippen molar-refractivity contribution in [3.8, 4) is 0 Å². The highest BCUT2D eigenvalue weighted by atomic mass is 35.5. The number of amides is 1. The fraction of sp³-hybridized carbons (Fsp3) is 0.188. The van der Waals surface area contributed by atoms with Gasteiger partial charge >= 0.3 is 0 Å². The SMILES string of the molecule is CC(Cc1ccc(Cl)cc1)Nc1cccc(C(N)=O)c1. The molecule has 0 heterocycles. The van der Waals surface area contributed by atoms with Crippen LogP contribution in [0.1, 0.15) is 22.8 Å². The third kappa shape index (κ3) is 4.00. The number of hydrogen-bond acceptors (Lipinski definition) is 2. The monoisotopic (exact) mass is 288 g/mol. The molecule has 0 bridgehead atoms. The van der Waals surface area contributed by atoms with Crippen LogP contribution in [0.5, 0.6) is 0 Å². The summed E-state index contributed by atoms with van der Waals surface area (Å²) in [5.74, 6) is -0.418. The number of hydrogen-bond donors (Lipinski definition) is 2. The Bertz CT molecular complexity index is 596. The molecule has 0 aliphatic heterocycles. The first-order chi connectivity index (χ1) is 9.54. The molecule has 2 aromatic carbocycles. The van der Waals surface area contributed by atoms with Crippen LogP contribution in [0, 0.1) is 0 Å². The summed E-state index contributed by atoms with van der Waals surface area (Å²) >= 11 is 5.87. The van der Waals surface area contributed by atoms with Crippen molar-refractivity contribution in [2.45, 2.75) is 19.4 Å². The summed E-state index contributed by atoms with van der Waals surface area (Å²) in [6, 6.07) is 15.2. The molecule has 2 aromatic rings. The van der Waals surface area contributed by atoms with Gasteiger partial charge in [0.2, 0.25) is 5.91 Å². The van der Waals surface area contributed by atoms with Crippen LogP contribution in [0.25, 0.3) is 0 Å². The Morgan fingerprint density at radius 2 is 1.95 bits per heavy atom. The molecule has 3 N–H and O–H groups in total. The molecule has 20 heavy (non-hydrogen) atoms. The van der Waals surface area contributed by atoms with Gasteiger partial charge in [0.25, 0.3) is 0 Å². The highest BCUT2D eigenvalue weighted by molar-refractivity contribution is 6.30. The zero-order valence-electron chi connectivity index (χ0n) is 11.3. The number of nitrogens with one attached hydrogen (secondary N) is 1. The molecule has 1 atom stereocenters. The van der Waals surface area contributed by atoms with Gasteiger partial charge in [-0.2, -0.15) is 0 Å². The summed E-state index contributed by atoms with van der Waals surface area (Å²) in [6.07, 6.45) is 0.873. The maximum Gasteiger partial charge on any atom is 0.248 e. The van der Waals surface area contributed by atoms with E-state index in [2.05, 4.69) is 12.2 Å². The highest BCUT2D eigenvalue weighted by Crippen LogP contribution is 2.15. The van der Waals surface area contributed by atoms with Crippen molar-refractivity contribution >= 4 is 23.2 Å². The lowest BCUT2D eigenvalue weighted by molar-refractivity contribution is 0.100. The van der Waals surface area contributed by atoms with Crippen molar-refractivity contribution in [1.29, 1.82) is 0 Å². The molecule has 0 spiro atoms. The normalized spacial score (nSPS) is 11.9. The molecule has 1 unspecified atom stereocenters. The molecule has 0 aliphatic rings. The quantitative estimate of drug-likeness (QED) is 0.885. The number of halogens is 1. The number of nitrogens with two attached hydrogens (primary N) is 1. The van der Waals surface area contributed by atoms with Gasteiger partial charge in [-0.1, -0.05) is 29.8 Å². The largest absolute Gasteiger partial charge is 0.382 e. The van der Waals surface area contributed by atoms with E-state index < -0.39 is 5.91 Å². The second kappa shape index (κ2) is 6.44. The topological polar surface area (TPSA) is 55.1 Å². The van der Waals surface area contributed by atoms with Crippen LogP contribution in [0.3, 0.4) is 0 Å². The molecule has 0 saturated heterocycles. The summed E-state index contributed by atoms with van der Waals surface area (Å²) < 4.78 is 0. The summed E-state index contributed by atoms with van der Waals surface area (Å²) in [5.41, 5.74) is 7.88. The van der Waals surface area contributed by atoms with E-state index in [1.165, 1.54) is 5.56 Å². The lowest BCUT2D eigenvalue weighted by atomic mass is 10.1. The van der Waals surface area contributed by atoms with Gasteiger partial charge in [0, 0.05) is 22.3 Å². The van der Waals surface area contributed by atoms with E-state index in [0.29, 0.717) is 5.56 Å². The third-order valence-corrected chi connectivity index (χ3v) is 3.27. The van der Waals surface area contributed by atoms with Crippen LogP contribution in [0.15, 0.2) is 48.5 Å². The minimum atomic E-state index is -0.418. The second-order valence-electron chi connectivity index (χ2n) is 4.82. The van der Waals surface area contributed by atoms with Crippen molar-refractivity contribution < 1.29 is 4.79 Å². The molecule has 104 valence electrons. The van der Waals surface area contributed by atoms with E-state index in [1.54, 1.807) is 12.1 Å². The molecule has 0 aromatic heterocycles. The standard InChI is InChI=1S/C16H17ClN2O/c1-11(9-12-5-7-14(17)8-6-12)19-15-4-2-3-13(10-15)16(18)20/h2-8,10-11,19H,9H2,1H3,(H2,18,20). The summed E-state index contributed by atoms with van der Waals surface area (Å²) in [6.45, 7) is 2.09. The smallest absolute Gasteiger partial charge is 0.248 e. The Kier molecular flexibility index (Phi) is 4.64. The number of anilines is 1. The predicted molar refractivity (Wildman–Crippen MR) is 83.2 cm³/mol. The molecule has 2 rings (SSSR count). The van der Waals surface area contributed by atoms with E-state index >= 15 is 0 Å². The van der Waals surface area contributed by atoms with Crippen LogP contribution in [0.4, 0.5) is 5.69 Å². The van der Waals surface area contributed by atoms with Crippen LogP contribution < -0.4 is 11.1 Å². The second-order valence-corrected chi connectivity index (χ2v) is 5.26. The fourth-order valence-electron chi connectivity index (χ4n) is 2.07. The van der Waals surface area contributed by atoms with E-state index in [0.717, 1.165) is 17.1 Å². The fourth-order valence-corrected chi connectivity index (χ4v) is 2.20. The Labute approximate surface area is 123 Å². The van der Waals surface area contributed by atoms with Crippen molar-refractivity contribution in [2.75, 3.05) is 5.32 Å². The van der Waals surface area contributed by atoms with Crippen LogP contribution >= 0.6 is 11.6 Å². The molecule has 4 heteroatoms. The van der Waals surface area contributed by atoms with Gasteiger partial charge in [-0.05, 0) is 49.2 Å². The Morgan fingerprint density at radius 1 is 1.25 bits per heavy atom. The maximum atomic E-state index is 11.1. The van der Waals surface area contributed by atoms with Gasteiger partial charge in [-0.25, -0.2) is 0 Å². The zero-order chi connectivity index (χ0) is 14.5. The maximum absolute atomic E-state index is 11.1. The molecule has 3 nitrogen and oxygen atoms in total. The molecular formula is C16H17ClN2O. The third-order valence-electron chi connectivity index (χ3n) is 3.02. The summed E-state index contributed by atoms with van der Waals surface area (Å²) in [4.78, 5) is 11.1. The molecule has 1 amide bonds. The van der Waals surface area contributed by atoms with Crippen molar-refractivity contribution in [3.63, 3.8) is 0 Å². The number of rotatable bonds is 5. The minimum Gasteiger partial charge on any atom is -0.382 e. The van der Waals surface area contributed by atoms with Crippen molar-refractivity contribution in [3.05, 3.63) is 64.7 Å². The number of carbonyl (C=O) groups excluding carboxylic acids is 1. The lowest BCUT2D eigenvalue weighted by Gasteiger charge is -2.16. The summed E-state index contributed by atoms with van der Waals surface area (Å²) in [7, 11) is 0. The van der Waals surface area contributed by atoms with Gasteiger partial charge in [-0.15, -0.1) is 0 Å². The average Bonchev–Trinajstić information content (AvgIpc) is 2.41. The molecule has 0 saturated carbocycles. The van der Waals surface area contributed by atoms with E-state index in [4.69, 9.17) is 17.3 Å². The number of benzene rings is 2. The van der Waals surface area contributed by atoms with Gasteiger partial charge in [0.05, 0.1) is 0 Å². The van der Waals surface area contributed by atoms with Crippen LogP contribution in [-0.2, 0) is 6.42 Å². The first-order valence-corrected chi connectivity index (χ1v) is 6.83. The van der Waals surface area contributed by atoms with Gasteiger partial charge in [0.15, 0.2) is 0 Å². The summed E-state index contributed by atoms with van der Waals surface area (Å²) in [5, 5.41) is 4.10. The Balaban J connectivity index is 2.00. The first kappa shape index (κ1) is 14.4. The van der Waals surface area contributed by atoms with Gasteiger partial charge in [-0.3, -0.25) is 4.79 Å². The van der Waals surface area contributed by atoms with Crippen LogP contribution in [0.2, 0.25) is 5.02 Å². The average molecular weight is 289 g/mol. The number of primary amides is 1. The minimum absolute atomic E-state index is 0.235. The molecular weight excluding hydrogens is 272 g/mol. The zero-order valence-corrected chi connectivity index (χ0v) is 12.0. The lowest BCUT2D eigenvalue weighted by Crippen LogP contribution is -2.18. The van der Waals surface area contributed by atoms with Crippen molar-refractivity contribution in [2.24, 2.45) is 5.73 Å². The van der Waals surface area contributed by atoms with E-state index in [1.807, 2.05) is 36.4 Å². The Morgan fingerprint density at radius 3 is 2.60 bits per heavy atom. The molecule has 0 fully saturated rings. The van der Waals surface area contributed by atoms with E-state index in [-0.39, 0.29) is 6.04 Å². The first-order valence-electron chi connectivity index (χ1n) is 6.45. The van der Waals surface area contributed by atoms with Crippen LogP contribution in [-0.4, -0.2) is 11.9 Å². The predicted octanol–water partition coefficient (Wildman–Crippen LogP) is 3.48. The van der Waals surface area contributed by atoms with Gasteiger partial charge in [0.1, 0.15) is 0 Å². The highest BCUT2D eigenvalue weighted by Gasteiger charge is 2.06. The Hall–Kier alpha value is -2.00. The van der Waals surface area contributed by atoms with E-state index in [9.17, 15) is 4.79 Å². The van der Waals surface area contributed by atoms with Crippen molar-refractivity contribution in [1.82, 2.24) is 0 Å². The number of carbonyl (C=O) groups is 1. The molecule has 0 radical (unpaired) electrons. The van der Waals surface area contributed by atoms with Gasteiger partial charge < -0.3 is 11.1 Å². The molecule has 0 aliphatic carbocycles.